The van der Waals surface area contributed by atoms with E-state index in [9.17, 15) is 9.18 Å². The largest absolute Gasteiger partial charge is 0.497 e. The predicted octanol–water partition coefficient (Wildman–Crippen LogP) is 4.75. The Morgan fingerprint density at radius 3 is 2.65 bits per heavy atom. The molecule has 156 valence electrons. The standard InChI is InChI=1S/C25H22FN3O2/c1-31-21-11-9-17(10-12-21)15-29-23-8-3-2-7-22(23)27-25(29)18-13-24(30)28(16-18)20-6-4-5-19(26)14-20/h2-12,14,18H,13,15-16H2,1H3. The number of hydrogen-bond acceptors (Lipinski definition) is 3. The summed E-state index contributed by atoms with van der Waals surface area (Å²) in [4.78, 5) is 19.3. The van der Waals surface area contributed by atoms with Crippen molar-refractivity contribution in [2.24, 2.45) is 0 Å². The van der Waals surface area contributed by atoms with Gasteiger partial charge in [-0.15, -0.1) is 0 Å². The predicted molar refractivity (Wildman–Crippen MR) is 118 cm³/mol. The van der Waals surface area contributed by atoms with Gasteiger partial charge in [-0.25, -0.2) is 9.37 Å². The molecule has 0 radical (unpaired) electrons. The molecule has 1 aliphatic rings. The molecule has 0 aliphatic carbocycles. The van der Waals surface area contributed by atoms with Gasteiger partial charge in [-0.2, -0.15) is 0 Å². The van der Waals surface area contributed by atoms with Crippen molar-refractivity contribution in [1.29, 1.82) is 0 Å². The van der Waals surface area contributed by atoms with Crippen LogP contribution in [-0.2, 0) is 11.3 Å². The zero-order valence-corrected chi connectivity index (χ0v) is 17.2. The molecule has 1 amide bonds. The minimum absolute atomic E-state index is 0.0151. The number of para-hydroxylation sites is 2. The normalized spacial score (nSPS) is 16.3. The molecule has 1 saturated heterocycles. The van der Waals surface area contributed by atoms with E-state index in [0.29, 0.717) is 25.2 Å². The number of ether oxygens (including phenoxy) is 1. The number of halogens is 1. The summed E-state index contributed by atoms with van der Waals surface area (Å²) in [7, 11) is 1.65. The van der Waals surface area contributed by atoms with Gasteiger partial charge in [0.1, 0.15) is 17.4 Å². The number of methoxy groups -OCH3 is 1. The van der Waals surface area contributed by atoms with Crippen LogP contribution in [0.5, 0.6) is 5.75 Å². The molecule has 3 aromatic carbocycles. The first-order chi connectivity index (χ1) is 15.1. The summed E-state index contributed by atoms with van der Waals surface area (Å²) >= 11 is 0. The maximum absolute atomic E-state index is 13.7. The Morgan fingerprint density at radius 1 is 1.06 bits per heavy atom. The van der Waals surface area contributed by atoms with Crippen molar-refractivity contribution in [1.82, 2.24) is 9.55 Å². The molecule has 0 bridgehead atoms. The van der Waals surface area contributed by atoms with E-state index in [1.54, 1.807) is 24.1 Å². The Balaban J connectivity index is 1.51. The molecular weight excluding hydrogens is 393 g/mol. The molecule has 1 fully saturated rings. The average Bonchev–Trinajstić information content (AvgIpc) is 3.35. The fourth-order valence-corrected chi connectivity index (χ4v) is 4.26. The first kappa shape index (κ1) is 19.3. The van der Waals surface area contributed by atoms with E-state index >= 15 is 0 Å². The van der Waals surface area contributed by atoms with Gasteiger partial charge >= 0.3 is 0 Å². The third-order valence-corrected chi connectivity index (χ3v) is 5.79. The van der Waals surface area contributed by atoms with Crippen LogP contribution in [0.4, 0.5) is 10.1 Å². The van der Waals surface area contributed by atoms with E-state index in [2.05, 4.69) is 10.6 Å². The summed E-state index contributed by atoms with van der Waals surface area (Å²) in [6.45, 7) is 1.12. The van der Waals surface area contributed by atoms with Crippen LogP contribution in [0.2, 0.25) is 0 Å². The molecule has 1 unspecified atom stereocenters. The van der Waals surface area contributed by atoms with Gasteiger partial charge in [0, 0.05) is 31.1 Å². The Hall–Kier alpha value is -3.67. The fourth-order valence-electron chi connectivity index (χ4n) is 4.26. The van der Waals surface area contributed by atoms with E-state index in [1.165, 1.54) is 12.1 Å². The van der Waals surface area contributed by atoms with Crippen molar-refractivity contribution in [2.75, 3.05) is 18.6 Å². The molecule has 0 N–H and O–H groups in total. The highest BCUT2D eigenvalue weighted by Gasteiger charge is 2.35. The molecule has 5 rings (SSSR count). The Kier molecular flexibility index (Phi) is 4.90. The average molecular weight is 415 g/mol. The van der Waals surface area contributed by atoms with E-state index in [-0.39, 0.29) is 17.6 Å². The monoisotopic (exact) mass is 415 g/mol. The number of amides is 1. The van der Waals surface area contributed by atoms with Crippen LogP contribution >= 0.6 is 0 Å². The van der Waals surface area contributed by atoms with Crippen LogP contribution in [0.3, 0.4) is 0 Å². The molecule has 0 spiro atoms. The summed E-state index contributed by atoms with van der Waals surface area (Å²) < 4.78 is 21.2. The number of imidazole rings is 1. The number of carbonyl (C=O) groups excluding carboxylic acids is 1. The summed E-state index contributed by atoms with van der Waals surface area (Å²) in [6.07, 6.45) is 0.350. The number of fused-ring (bicyclic) bond motifs is 1. The van der Waals surface area contributed by atoms with Gasteiger partial charge in [0.2, 0.25) is 5.91 Å². The molecular formula is C25H22FN3O2. The van der Waals surface area contributed by atoms with Gasteiger partial charge in [0.15, 0.2) is 0 Å². The first-order valence-corrected chi connectivity index (χ1v) is 10.3. The van der Waals surface area contributed by atoms with Crippen LogP contribution in [0, 0.1) is 5.82 Å². The van der Waals surface area contributed by atoms with Gasteiger partial charge in [-0.1, -0.05) is 30.3 Å². The third-order valence-electron chi connectivity index (χ3n) is 5.79. The molecule has 5 nitrogen and oxygen atoms in total. The SMILES string of the molecule is COc1ccc(Cn2c(C3CC(=O)N(c4cccc(F)c4)C3)nc3ccccc32)cc1. The Bertz CT molecular complexity index is 1250. The lowest BCUT2D eigenvalue weighted by atomic mass is 10.1. The summed E-state index contributed by atoms with van der Waals surface area (Å²) in [5.74, 6) is 1.26. The van der Waals surface area contributed by atoms with Crippen LogP contribution in [0.25, 0.3) is 11.0 Å². The van der Waals surface area contributed by atoms with E-state index in [1.807, 2.05) is 42.5 Å². The number of carbonyl (C=O) groups is 1. The second-order valence-corrected chi connectivity index (χ2v) is 7.78. The minimum Gasteiger partial charge on any atom is -0.497 e. The number of hydrogen-bond donors (Lipinski definition) is 0. The zero-order valence-electron chi connectivity index (χ0n) is 17.2. The summed E-state index contributed by atoms with van der Waals surface area (Å²) in [5.41, 5.74) is 3.65. The van der Waals surface area contributed by atoms with Gasteiger partial charge in [-0.3, -0.25) is 4.79 Å². The number of anilines is 1. The number of aromatic nitrogens is 2. The number of nitrogens with zero attached hydrogens (tertiary/aromatic N) is 3. The Labute approximate surface area is 179 Å². The van der Waals surface area contributed by atoms with Crippen molar-refractivity contribution in [2.45, 2.75) is 18.9 Å². The maximum atomic E-state index is 13.7. The van der Waals surface area contributed by atoms with E-state index in [0.717, 1.165) is 28.2 Å². The highest BCUT2D eigenvalue weighted by atomic mass is 19.1. The molecule has 4 aromatic rings. The van der Waals surface area contributed by atoms with E-state index in [4.69, 9.17) is 9.72 Å². The summed E-state index contributed by atoms with van der Waals surface area (Å²) in [6, 6.07) is 22.2. The van der Waals surface area contributed by atoms with Gasteiger partial charge in [-0.05, 0) is 48.0 Å². The third kappa shape index (κ3) is 3.65. The lowest BCUT2D eigenvalue weighted by Crippen LogP contribution is -2.24. The Morgan fingerprint density at radius 2 is 1.87 bits per heavy atom. The summed E-state index contributed by atoms with van der Waals surface area (Å²) in [5, 5.41) is 0. The highest BCUT2D eigenvalue weighted by Crippen LogP contribution is 2.33. The van der Waals surface area contributed by atoms with Crippen LogP contribution in [-0.4, -0.2) is 29.1 Å². The molecule has 2 heterocycles. The first-order valence-electron chi connectivity index (χ1n) is 10.3. The second kappa shape index (κ2) is 7.87. The molecule has 0 saturated carbocycles. The van der Waals surface area contributed by atoms with Crippen molar-refractivity contribution in [3.05, 3.63) is 90.0 Å². The topological polar surface area (TPSA) is 47.4 Å². The van der Waals surface area contributed by atoms with Gasteiger partial charge in [0.05, 0.1) is 18.1 Å². The smallest absolute Gasteiger partial charge is 0.227 e. The van der Waals surface area contributed by atoms with E-state index < -0.39 is 0 Å². The highest BCUT2D eigenvalue weighted by molar-refractivity contribution is 5.96. The molecule has 6 heteroatoms. The quantitative estimate of drug-likeness (QED) is 0.473. The minimum atomic E-state index is -0.347. The lowest BCUT2D eigenvalue weighted by molar-refractivity contribution is -0.117. The maximum Gasteiger partial charge on any atom is 0.227 e. The van der Waals surface area contributed by atoms with Gasteiger partial charge < -0.3 is 14.2 Å². The molecule has 1 aromatic heterocycles. The van der Waals surface area contributed by atoms with Crippen LogP contribution in [0.1, 0.15) is 23.7 Å². The zero-order chi connectivity index (χ0) is 21.4. The molecule has 31 heavy (non-hydrogen) atoms. The molecule has 1 atom stereocenters. The van der Waals surface area contributed by atoms with Crippen molar-refractivity contribution < 1.29 is 13.9 Å². The van der Waals surface area contributed by atoms with Crippen molar-refractivity contribution in [3.63, 3.8) is 0 Å². The van der Waals surface area contributed by atoms with Gasteiger partial charge in [0.25, 0.3) is 0 Å². The molecule has 1 aliphatic heterocycles. The fraction of sp³-hybridized carbons (Fsp3) is 0.200. The number of rotatable bonds is 5. The van der Waals surface area contributed by atoms with Crippen molar-refractivity contribution in [3.8, 4) is 5.75 Å². The van der Waals surface area contributed by atoms with Crippen LogP contribution in [0.15, 0.2) is 72.8 Å². The lowest BCUT2D eigenvalue weighted by Gasteiger charge is -2.17. The van der Waals surface area contributed by atoms with Crippen molar-refractivity contribution >= 4 is 22.6 Å². The number of benzene rings is 3. The van der Waals surface area contributed by atoms with Crippen LogP contribution < -0.4 is 9.64 Å². The second-order valence-electron chi connectivity index (χ2n) is 7.78.